The van der Waals surface area contributed by atoms with Gasteiger partial charge in [0.25, 0.3) is 0 Å². The first-order chi connectivity index (χ1) is 6.63. The minimum Gasteiger partial charge on any atom is -0.480 e. The first-order valence-corrected chi connectivity index (χ1v) is 3.92. The topological polar surface area (TPSA) is 77.2 Å². The quantitative estimate of drug-likeness (QED) is 0.751. The van der Waals surface area contributed by atoms with Crippen LogP contribution in [0.15, 0.2) is 18.3 Å². The summed E-state index contributed by atoms with van der Waals surface area (Å²) in [5.74, 6) is -0.455. The summed E-state index contributed by atoms with van der Waals surface area (Å²) in [6.07, 6.45) is 1.48. The van der Waals surface area contributed by atoms with Crippen LogP contribution in [-0.2, 0) is 4.79 Å². The summed E-state index contributed by atoms with van der Waals surface area (Å²) in [6.45, 7) is -0.137. The van der Waals surface area contributed by atoms with Gasteiger partial charge in [-0.1, -0.05) is 0 Å². The van der Waals surface area contributed by atoms with Gasteiger partial charge in [0.15, 0.2) is 0 Å². The molecule has 72 valence electrons. The van der Waals surface area contributed by atoms with Gasteiger partial charge in [-0.15, -0.1) is 0 Å². The number of carboxylic acids is 1. The molecule has 1 aromatic rings. The number of pyridine rings is 1. The molecule has 0 saturated carbocycles. The molecule has 0 radical (unpaired) electrons. The lowest BCUT2D eigenvalue weighted by Crippen LogP contribution is -2.25. The number of carboxylic acid groups (broad SMARTS) is 1. The molecule has 0 saturated heterocycles. The van der Waals surface area contributed by atoms with Crippen LogP contribution in [0, 0.1) is 11.3 Å². The zero-order chi connectivity index (χ0) is 10.6. The maximum absolute atomic E-state index is 10.4. The molecular formula is C9H9N3O2. The predicted octanol–water partition coefficient (Wildman–Crippen LogP) is 0.474. The second kappa shape index (κ2) is 4.23. The summed E-state index contributed by atoms with van der Waals surface area (Å²) >= 11 is 0. The van der Waals surface area contributed by atoms with Crippen molar-refractivity contribution in [1.82, 2.24) is 4.98 Å². The Bertz CT molecular complexity index is 384. The zero-order valence-electron chi connectivity index (χ0n) is 7.64. The molecule has 0 aliphatic carbocycles. The van der Waals surface area contributed by atoms with E-state index in [9.17, 15) is 4.79 Å². The van der Waals surface area contributed by atoms with E-state index in [4.69, 9.17) is 10.4 Å². The van der Waals surface area contributed by atoms with Crippen LogP contribution < -0.4 is 4.90 Å². The highest BCUT2D eigenvalue weighted by atomic mass is 16.4. The monoisotopic (exact) mass is 191 g/mol. The van der Waals surface area contributed by atoms with Gasteiger partial charge in [-0.2, -0.15) is 5.26 Å². The van der Waals surface area contributed by atoms with Crippen molar-refractivity contribution >= 4 is 11.8 Å². The minimum absolute atomic E-state index is 0.137. The van der Waals surface area contributed by atoms with Crippen molar-refractivity contribution in [2.75, 3.05) is 18.5 Å². The molecule has 0 spiro atoms. The molecule has 5 nitrogen and oxygen atoms in total. The number of hydrogen-bond donors (Lipinski definition) is 1. The third-order valence-electron chi connectivity index (χ3n) is 1.64. The van der Waals surface area contributed by atoms with Gasteiger partial charge in [-0.25, -0.2) is 4.98 Å². The number of carbonyl (C=O) groups is 1. The molecule has 0 aromatic carbocycles. The first-order valence-electron chi connectivity index (χ1n) is 3.92. The molecule has 0 amide bonds. The van der Waals surface area contributed by atoms with E-state index in [0.29, 0.717) is 11.4 Å². The largest absolute Gasteiger partial charge is 0.480 e. The summed E-state index contributed by atoms with van der Waals surface area (Å²) in [6, 6.07) is 5.07. The summed E-state index contributed by atoms with van der Waals surface area (Å²) in [7, 11) is 1.61. The van der Waals surface area contributed by atoms with Gasteiger partial charge in [-0.05, 0) is 12.1 Å². The Morgan fingerprint density at radius 3 is 3.07 bits per heavy atom. The van der Waals surface area contributed by atoms with Gasteiger partial charge in [0.1, 0.15) is 12.4 Å². The fraction of sp³-hybridized carbons (Fsp3) is 0.222. The van der Waals surface area contributed by atoms with Gasteiger partial charge in [0.05, 0.1) is 11.6 Å². The van der Waals surface area contributed by atoms with E-state index in [0.717, 1.165) is 0 Å². The zero-order valence-corrected chi connectivity index (χ0v) is 7.64. The van der Waals surface area contributed by atoms with Gasteiger partial charge in [0.2, 0.25) is 0 Å². The van der Waals surface area contributed by atoms with Crippen molar-refractivity contribution in [3.63, 3.8) is 0 Å². The number of rotatable bonds is 3. The number of nitrogens with zero attached hydrogens (tertiary/aromatic N) is 3. The predicted molar refractivity (Wildman–Crippen MR) is 49.9 cm³/mol. The molecule has 0 aliphatic rings. The highest BCUT2D eigenvalue weighted by Gasteiger charge is 2.06. The van der Waals surface area contributed by atoms with Gasteiger partial charge >= 0.3 is 5.97 Å². The maximum atomic E-state index is 10.4. The van der Waals surface area contributed by atoms with E-state index in [2.05, 4.69) is 4.98 Å². The van der Waals surface area contributed by atoms with Crippen molar-refractivity contribution in [1.29, 1.82) is 5.26 Å². The highest BCUT2D eigenvalue weighted by molar-refractivity contribution is 5.73. The third-order valence-corrected chi connectivity index (χ3v) is 1.64. The van der Waals surface area contributed by atoms with Crippen LogP contribution in [0.1, 0.15) is 5.56 Å². The molecule has 0 unspecified atom stereocenters. The molecule has 0 atom stereocenters. The van der Waals surface area contributed by atoms with Crippen LogP contribution in [0.5, 0.6) is 0 Å². The molecule has 0 aliphatic heterocycles. The van der Waals surface area contributed by atoms with Crippen molar-refractivity contribution in [3.05, 3.63) is 23.9 Å². The normalized spacial score (nSPS) is 9.14. The van der Waals surface area contributed by atoms with Crippen LogP contribution in [0.3, 0.4) is 0 Å². The Balaban J connectivity index is 2.85. The van der Waals surface area contributed by atoms with E-state index in [-0.39, 0.29) is 6.54 Å². The van der Waals surface area contributed by atoms with Gasteiger partial charge < -0.3 is 10.0 Å². The third kappa shape index (κ3) is 2.45. The van der Waals surface area contributed by atoms with E-state index in [1.54, 1.807) is 19.2 Å². The van der Waals surface area contributed by atoms with Crippen molar-refractivity contribution in [3.8, 4) is 6.07 Å². The second-order valence-corrected chi connectivity index (χ2v) is 2.76. The maximum Gasteiger partial charge on any atom is 0.323 e. The van der Waals surface area contributed by atoms with Crippen LogP contribution in [0.25, 0.3) is 0 Å². The van der Waals surface area contributed by atoms with Gasteiger partial charge in [0, 0.05) is 13.2 Å². The molecule has 14 heavy (non-hydrogen) atoms. The van der Waals surface area contributed by atoms with Crippen LogP contribution in [0.4, 0.5) is 5.82 Å². The van der Waals surface area contributed by atoms with E-state index >= 15 is 0 Å². The Hall–Kier alpha value is -2.09. The molecule has 1 rings (SSSR count). The number of nitriles is 1. The summed E-state index contributed by atoms with van der Waals surface area (Å²) < 4.78 is 0. The summed E-state index contributed by atoms with van der Waals surface area (Å²) in [4.78, 5) is 15.8. The Kier molecular flexibility index (Phi) is 3.02. The van der Waals surface area contributed by atoms with Crippen LogP contribution in [0.2, 0.25) is 0 Å². The number of aliphatic carboxylic acids is 1. The van der Waals surface area contributed by atoms with Crippen LogP contribution in [-0.4, -0.2) is 29.7 Å². The fourth-order valence-corrected chi connectivity index (χ4v) is 0.981. The SMILES string of the molecule is CN(CC(=O)O)c1cc(C#N)ccn1. The Labute approximate surface area is 81.2 Å². The average Bonchev–Trinajstić information content (AvgIpc) is 2.17. The van der Waals surface area contributed by atoms with Crippen molar-refractivity contribution in [2.24, 2.45) is 0 Å². The lowest BCUT2D eigenvalue weighted by Gasteiger charge is -2.14. The molecule has 1 heterocycles. The fourth-order valence-electron chi connectivity index (χ4n) is 0.981. The number of anilines is 1. The minimum atomic E-state index is -0.934. The lowest BCUT2D eigenvalue weighted by atomic mass is 10.3. The number of likely N-dealkylation sites (N-methyl/N-ethyl adjacent to an activating group) is 1. The first kappa shape index (κ1) is 9.99. The molecule has 5 heteroatoms. The molecule has 0 bridgehead atoms. The number of hydrogen-bond acceptors (Lipinski definition) is 4. The van der Waals surface area contributed by atoms with E-state index in [1.165, 1.54) is 11.1 Å². The molecule has 0 fully saturated rings. The Morgan fingerprint density at radius 2 is 2.50 bits per heavy atom. The molecule has 1 aromatic heterocycles. The van der Waals surface area contributed by atoms with Crippen molar-refractivity contribution < 1.29 is 9.90 Å². The second-order valence-electron chi connectivity index (χ2n) is 2.76. The van der Waals surface area contributed by atoms with E-state index in [1.807, 2.05) is 6.07 Å². The van der Waals surface area contributed by atoms with Crippen LogP contribution >= 0.6 is 0 Å². The lowest BCUT2D eigenvalue weighted by molar-refractivity contribution is -0.135. The summed E-state index contributed by atoms with van der Waals surface area (Å²) in [5.41, 5.74) is 0.465. The molecule has 1 N–H and O–H groups in total. The van der Waals surface area contributed by atoms with Crippen molar-refractivity contribution in [2.45, 2.75) is 0 Å². The Morgan fingerprint density at radius 1 is 1.79 bits per heavy atom. The van der Waals surface area contributed by atoms with Gasteiger partial charge in [-0.3, -0.25) is 4.79 Å². The summed E-state index contributed by atoms with van der Waals surface area (Å²) in [5, 5.41) is 17.2. The molecular weight excluding hydrogens is 182 g/mol. The average molecular weight is 191 g/mol. The highest BCUT2D eigenvalue weighted by Crippen LogP contribution is 2.09. The number of aromatic nitrogens is 1. The standard InChI is InChI=1S/C9H9N3O2/c1-12(6-9(13)14)8-4-7(5-10)2-3-11-8/h2-4H,6H2,1H3,(H,13,14). The smallest absolute Gasteiger partial charge is 0.323 e. The van der Waals surface area contributed by atoms with E-state index < -0.39 is 5.97 Å².